The number of ether oxygens (including phenoxy) is 2. The average Bonchev–Trinajstić information content (AvgIpc) is 3.25. The van der Waals surface area contributed by atoms with Crippen molar-refractivity contribution >= 4 is 23.3 Å². The molecule has 3 rings (SSSR count). The van der Waals surface area contributed by atoms with Crippen LogP contribution >= 0.6 is 12.2 Å². The number of pyridine rings is 1. The van der Waals surface area contributed by atoms with Gasteiger partial charge in [-0.2, -0.15) is 0 Å². The third-order valence-electron chi connectivity index (χ3n) is 4.51. The molecule has 0 amide bonds. The molecule has 1 aliphatic rings. The predicted molar refractivity (Wildman–Crippen MR) is 105 cm³/mol. The summed E-state index contributed by atoms with van der Waals surface area (Å²) >= 11 is 5.55. The summed E-state index contributed by atoms with van der Waals surface area (Å²) in [4.78, 5) is 18.5. The third kappa shape index (κ3) is 4.28. The summed E-state index contributed by atoms with van der Waals surface area (Å²) < 4.78 is 12.5. The van der Waals surface area contributed by atoms with E-state index in [1.165, 1.54) is 0 Å². The highest BCUT2D eigenvalue weighted by Gasteiger charge is 2.42. The number of aromatic nitrogens is 2. The first-order valence-electron chi connectivity index (χ1n) is 8.93. The molecule has 7 nitrogen and oxygen atoms in total. The number of rotatable bonds is 8. The second kappa shape index (κ2) is 8.96. The van der Waals surface area contributed by atoms with Crippen LogP contribution in [0.15, 0.2) is 42.7 Å². The van der Waals surface area contributed by atoms with Gasteiger partial charge in [-0.1, -0.05) is 6.07 Å². The minimum atomic E-state index is -0.302. The van der Waals surface area contributed by atoms with Crippen molar-refractivity contribution in [3.8, 4) is 0 Å². The first-order valence-corrected chi connectivity index (χ1v) is 9.34. The standard InChI is InChI=1S/C19H24N4O3S/c1-3-26-16(24)13-23-18(15-8-6-10-22(15)11-12-25-2)17(21-19(23)27)14-7-4-5-9-20-14/h4-10,17-18H,3,11-13H2,1-2H3,(H,21,27)/t17-,18-/m0/s1. The molecule has 0 saturated carbocycles. The zero-order valence-corrected chi connectivity index (χ0v) is 16.3. The monoisotopic (exact) mass is 388 g/mol. The van der Waals surface area contributed by atoms with E-state index >= 15 is 0 Å². The fourth-order valence-electron chi connectivity index (χ4n) is 3.33. The molecule has 0 bridgehead atoms. The highest BCUT2D eigenvalue weighted by Crippen LogP contribution is 2.38. The zero-order valence-electron chi connectivity index (χ0n) is 15.5. The Morgan fingerprint density at radius 1 is 1.33 bits per heavy atom. The van der Waals surface area contributed by atoms with Crippen molar-refractivity contribution in [1.29, 1.82) is 0 Å². The summed E-state index contributed by atoms with van der Waals surface area (Å²) in [5.41, 5.74) is 1.91. The number of methoxy groups -OCH3 is 1. The summed E-state index contributed by atoms with van der Waals surface area (Å²) in [5, 5.41) is 3.85. The van der Waals surface area contributed by atoms with E-state index in [4.69, 9.17) is 21.7 Å². The van der Waals surface area contributed by atoms with Gasteiger partial charge >= 0.3 is 5.97 Å². The molecular formula is C19H24N4O3S. The Labute approximate surface area is 164 Å². The van der Waals surface area contributed by atoms with Crippen molar-refractivity contribution in [2.75, 3.05) is 26.9 Å². The predicted octanol–water partition coefficient (Wildman–Crippen LogP) is 2.07. The van der Waals surface area contributed by atoms with Crippen molar-refractivity contribution in [1.82, 2.24) is 19.8 Å². The molecule has 2 aromatic rings. The van der Waals surface area contributed by atoms with E-state index in [0.717, 1.165) is 11.4 Å². The number of thiocarbonyl (C=S) groups is 1. The molecule has 2 aromatic heterocycles. The van der Waals surface area contributed by atoms with Crippen LogP contribution in [0.3, 0.4) is 0 Å². The lowest BCUT2D eigenvalue weighted by molar-refractivity contribution is -0.143. The maximum atomic E-state index is 12.2. The molecule has 1 fully saturated rings. The second-order valence-electron chi connectivity index (χ2n) is 6.18. The number of carbonyl (C=O) groups excluding carboxylic acids is 1. The molecular weight excluding hydrogens is 364 g/mol. The fourth-order valence-corrected chi connectivity index (χ4v) is 3.64. The van der Waals surface area contributed by atoms with Gasteiger partial charge in [0.2, 0.25) is 0 Å². The van der Waals surface area contributed by atoms with Gasteiger partial charge in [0.1, 0.15) is 6.54 Å². The van der Waals surface area contributed by atoms with E-state index in [1.54, 1.807) is 20.2 Å². The minimum absolute atomic E-state index is 0.0864. The van der Waals surface area contributed by atoms with Crippen LogP contribution in [0.2, 0.25) is 0 Å². The fraction of sp³-hybridized carbons (Fsp3) is 0.421. The Kier molecular flexibility index (Phi) is 6.41. The Balaban J connectivity index is 1.96. The molecule has 1 N–H and O–H groups in total. The largest absolute Gasteiger partial charge is 0.465 e. The minimum Gasteiger partial charge on any atom is -0.465 e. The first kappa shape index (κ1) is 19.3. The van der Waals surface area contributed by atoms with Gasteiger partial charge in [0.25, 0.3) is 0 Å². The molecule has 0 radical (unpaired) electrons. The van der Waals surface area contributed by atoms with Crippen LogP contribution in [0.5, 0.6) is 0 Å². The molecule has 8 heteroatoms. The Morgan fingerprint density at radius 2 is 2.19 bits per heavy atom. The van der Waals surface area contributed by atoms with Crippen molar-refractivity contribution < 1.29 is 14.3 Å². The van der Waals surface area contributed by atoms with Crippen LogP contribution in [0.4, 0.5) is 0 Å². The van der Waals surface area contributed by atoms with Gasteiger partial charge in [-0.15, -0.1) is 0 Å². The first-order chi connectivity index (χ1) is 13.2. The lowest BCUT2D eigenvalue weighted by Crippen LogP contribution is -2.36. The molecule has 1 saturated heterocycles. The normalized spacial score (nSPS) is 19.2. The van der Waals surface area contributed by atoms with Crippen molar-refractivity contribution in [3.63, 3.8) is 0 Å². The molecule has 2 atom stereocenters. The van der Waals surface area contributed by atoms with Crippen LogP contribution in [0, 0.1) is 0 Å². The smallest absolute Gasteiger partial charge is 0.325 e. The van der Waals surface area contributed by atoms with Crippen LogP contribution < -0.4 is 5.32 Å². The van der Waals surface area contributed by atoms with Gasteiger partial charge in [0.05, 0.1) is 31.0 Å². The van der Waals surface area contributed by atoms with Crippen molar-refractivity contribution in [3.05, 3.63) is 54.1 Å². The summed E-state index contributed by atoms with van der Waals surface area (Å²) in [5.74, 6) is -0.302. The van der Waals surface area contributed by atoms with E-state index < -0.39 is 0 Å². The van der Waals surface area contributed by atoms with Crippen LogP contribution in [-0.2, 0) is 20.8 Å². The molecule has 27 heavy (non-hydrogen) atoms. The number of nitrogens with one attached hydrogen (secondary N) is 1. The second-order valence-corrected chi connectivity index (χ2v) is 6.57. The average molecular weight is 388 g/mol. The van der Waals surface area contributed by atoms with E-state index in [0.29, 0.717) is 24.9 Å². The SMILES string of the molecule is CCOC(=O)CN1C(=S)N[C@@H](c2ccccn2)[C@@H]1c1cccn1CCOC. The molecule has 0 spiro atoms. The van der Waals surface area contributed by atoms with Crippen molar-refractivity contribution in [2.45, 2.75) is 25.6 Å². The summed E-state index contributed by atoms with van der Waals surface area (Å²) in [6.45, 7) is 3.53. The van der Waals surface area contributed by atoms with Gasteiger partial charge < -0.3 is 24.3 Å². The van der Waals surface area contributed by atoms with E-state index in [-0.39, 0.29) is 24.6 Å². The van der Waals surface area contributed by atoms with Gasteiger partial charge in [-0.3, -0.25) is 9.78 Å². The molecule has 144 valence electrons. The lowest BCUT2D eigenvalue weighted by Gasteiger charge is -2.28. The van der Waals surface area contributed by atoms with Crippen LogP contribution in [-0.4, -0.2) is 52.4 Å². The summed E-state index contributed by atoms with van der Waals surface area (Å²) in [6, 6.07) is 9.48. The van der Waals surface area contributed by atoms with Gasteiger partial charge in [0.15, 0.2) is 5.11 Å². The third-order valence-corrected chi connectivity index (χ3v) is 4.86. The molecule has 3 heterocycles. The van der Waals surface area contributed by atoms with Gasteiger partial charge in [-0.05, 0) is 43.4 Å². The quantitative estimate of drug-likeness (QED) is 0.548. The van der Waals surface area contributed by atoms with Crippen LogP contribution in [0.25, 0.3) is 0 Å². The number of nitrogens with zero attached hydrogens (tertiary/aromatic N) is 3. The Morgan fingerprint density at radius 3 is 2.89 bits per heavy atom. The molecule has 0 unspecified atom stereocenters. The lowest BCUT2D eigenvalue weighted by atomic mass is 10.0. The zero-order chi connectivity index (χ0) is 19.2. The number of hydrogen-bond acceptors (Lipinski definition) is 5. The number of carbonyl (C=O) groups is 1. The maximum Gasteiger partial charge on any atom is 0.325 e. The maximum absolute atomic E-state index is 12.2. The van der Waals surface area contributed by atoms with E-state index in [1.807, 2.05) is 41.4 Å². The van der Waals surface area contributed by atoms with Crippen LogP contribution in [0.1, 0.15) is 30.4 Å². The van der Waals surface area contributed by atoms with E-state index in [9.17, 15) is 4.79 Å². The Bertz CT molecular complexity index is 780. The molecule has 0 aliphatic carbocycles. The summed E-state index contributed by atoms with van der Waals surface area (Å²) in [7, 11) is 1.68. The summed E-state index contributed by atoms with van der Waals surface area (Å²) in [6.07, 6.45) is 3.77. The highest BCUT2D eigenvalue weighted by molar-refractivity contribution is 7.80. The molecule has 1 aliphatic heterocycles. The van der Waals surface area contributed by atoms with Gasteiger partial charge in [0, 0.05) is 31.7 Å². The highest BCUT2D eigenvalue weighted by atomic mass is 32.1. The molecule has 0 aromatic carbocycles. The van der Waals surface area contributed by atoms with Crippen molar-refractivity contribution in [2.24, 2.45) is 0 Å². The van der Waals surface area contributed by atoms with E-state index in [2.05, 4.69) is 14.9 Å². The Hall–Kier alpha value is -2.45. The number of esters is 1. The number of hydrogen-bond donors (Lipinski definition) is 1. The topological polar surface area (TPSA) is 68.6 Å². The van der Waals surface area contributed by atoms with Gasteiger partial charge in [-0.25, -0.2) is 0 Å².